The Kier molecular flexibility index (Phi) is 5.63. The molecule has 0 unspecified atom stereocenters. The molecule has 0 amide bonds. The van der Waals surface area contributed by atoms with Crippen molar-refractivity contribution in [2.75, 3.05) is 11.5 Å². The molecule has 0 aliphatic heterocycles. The second-order valence-corrected chi connectivity index (χ2v) is 5.63. The number of furan rings is 2. The normalized spacial score (nSPS) is 12.8. The maximum absolute atomic E-state index is 8.92. The minimum absolute atomic E-state index is 0.413. The minimum atomic E-state index is 0.413. The molecule has 0 aromatic carbocycles. The summed E-state index contributed by atoms with van der Waals surface area (Å²) in [4.78, 5) is 0. The summed E-state index contributed by atoms with van der Waals surface area (Å²) < 4.78 is 10.3. The molecule has 2 N–H and O–H groups in total. The molecule has 6 nitrogen and oxygen atoms in total. The Balaban J connectivity index is 1.79. The van der Waals surface area contributed by atoms with Gasteiger partial charge in [-0.2, -0.15) is 0 Å². The van der Waals surface area contributed by atoms with Crippen LogP contribution in [-0.4, -0.2) is 32.0 Å². The fourth-order valence-electron chi connectivity index (χ4n) is 1.38. The molecule has 20 heavy (non-hydrogen) atoms. The maximum atomic E-state index is 8.92. The third-order valence-electron chi connectivity index (χ3n) is 2.21. The second kappa shape index (κ2) is 7.71. The van der Waals surface area contributed by atoms with Crippen molar-refractivity contribution in [1.29, 1.82) is 0 Å². The summed E-state index contributed by atoms with van der Waals surface area (Å²) in [6, 6.07) is 6.89. The van der Waals surface area contributed by atoms with Gasteiger partial charge < -0.3 is 19.2 Å². The lowest BCUT2D eigenvalue weighted by molar-refractivity contribution is 0.319. The standard InChI is InChI=1S/C12H12N2O4S2/c15-13-11(9-3-1-5-17-9)19-7-8-20-12(14-16)10-4-2-6-18-10/h1-6,15-16H,7-8H2. The summed E-state index contributed by atoms with van der Waals surface area (Å²) in [5.74, 6) is 2.35. The predicted octanol–water partition coefficient (Wildman–Crippen LogP) is 3.31. The highest BCUT2D eigenvalue weighted by Gasteiger charge is 2.11. The van der Waals surface area contributed by atoms with Crippen molar-refractivity contribution >= 4 is 33.6 Å². The first-order chi connectivity index (χ1) is 9.85. The predicted molar refractivity (Wildman–Crippen MR) is 79.0 cm³/mol. The Labute approximate surface area is 123 Å². The van der Waals surface area contributed by atoms with Crippen LogP contribution >= 0.6 is 23.5 Å². The van der Waals surface area contributed by atoms with Gasteiger partial charge in [-0.05, 0) is 24.3 Å². The molecule has 0 saturated carbocycles. The Bertz CT molecular complexity index is 512. The molecular weight excluding hydrogens is 300 g/mol. The number of hydrogen-bond acceptors (Lipinski definition) is 8. The topological polar surface area (TPSA) is 91.5 Å². The molecule has 8 heteroatoms. The van der Waals surface area contributed by atoms with Gasteiger partial charge in [-0.15, -0.1) is 0 Å². The molecule has 2 aromatic rings. The highest BCUT2D eigenvalue weighted by molar-refractivity contribution is 8.17. The average molecular weight is 312 g/mol. The Hall–Kier alpha value is -1.80. The van der Waals surface area contributed by atoms with Crippen LogP contribution in [0.15, 0.2) is 55.9 Å². The van der Waals surface area contributed by atoms with Crippen LogP contribution in [0.3, 0.4) is 0 Å². The number of nitrogens with zero attached hydrogens (tertiary/aromatic N) is 2. The van der Waals surface area contributed by atoms with E-state index in [-0.39, 0.29) is 0 Å². The van der Waals surface area contributed by atoms with Gasteiger partial charge in [0.15, 0.2) is 21.6 Å². The third kappa shape index (κ3) is 3.84. The summed E-state index contributed by atoms with van der Waals surface area (Å²) in [7, 11) is 0. The van der Waals surface area contributed by atoms with Crippen LogP contribution in [0, 0.1) is 0 Å². The largest absolute Gasteiger partial charge is 0.462 e. The molecule has 0 spiro atoms. The highest BCUT2D eigenvalue weighted by Crippen LogP contribution is 2.19. The summed E-state index contributed by atoms with van der Waals surface area (Å²) in [6.07, 6.45) is 3.03. The minimum Gasteiger partial charge on any atom is -0.462 e. The molecule has 2 heterocycles. The van der Waals surface area contributed by atoms with Crippen molar-refractivity contribution in [3.8, 4) is 0 Å². The zero-order chi connectivity index (χ0) is 14.2. The van der Waals surface area contributed by atoms with Gasteiger partial charge in [0, 0.05) is 11.5 Å². The number of thioether (sulfide) groups is 2. The second-order valence-electron chi connectivity index (χ2n) is 3.46. The van der Waals surface area contributed by atoms with Gasteiger partial charge in [-0.1, -0.05) is 33.8 Å². The van der Waals surface area contributed by atoms with E-state index in [1.54, 1.807) is 24.3 Å². The third-order valence-corrected chi connectivity index (χ3v) is 4.39. The van der Waals surface area contributed by atoms with Gasteiger partial charge in [-0.3, -0.25) is 0 Å². The molecule has 2 rings (SSSR count). The molecule has 0 radical (unpaired) electrons. The van der Waals surface area contributed by atoms with Crippen molar-refractivity contribution < 1.29 is 19.2 Å². The fourth-order valence-corrected chi connectivity index (χ4v) is 3.06. The van der Waals surface area contributed by atoms with Crippen LogP contribution in [0.5, 0.6) is 0 Å². The van der Waals surface area contributed by atoms with Gasteiger partial charge in [0.05, 0.1) is 12.5 Å². The van der Waals surface area contributed by atoms with Crippen molar-refractivity contribution in [2.24, 2.45) is 10.3 Å². The fraction of sp³-hybridized carbons (Fsp3) is 0.167. The van der Waals surface area contributed by atoms with Gasteiger partial charge in [-0.25, -0.2) is 0 Å². The monoisotopic (exact) mass is 312 g/mol. The Morgan fingerprint density at radius 1 is 0.900 bits per heavy atom. The van der Waals surface area contributed by atoms with E-state index in [0.29, 0.717) is 33.1 Å². The van der Waals surface area contributed by atoms with E-state index < -0.39 is 0 Å². The number of hydrogen-bond donors (Lipinski definition) is 2. The Morgan fingerprint density at radius 2 is 1.35 bits per heavy atom. The van der Waals surface area contributed by atoms with Crippen LogP contribution in [-0.2, 0) is 0 Å². The van der Waals surface area contributed by atoms with Gasteiger partial charge >= 0.3 is 0 Å². The summed E-state index contributed by atoms with van der Waals surface area (Å²) in [6.45, 7) is 0. The first kappa shape index (κ1) is 14.6. The van der Waals surface area contributed by atoms with Crippen molar-refractivity contribution in [2.45, 2.75) is 0 Å². The van der Waals surface area contributed by atoms with E-state index in [9.17, 15) is 0 Å². The van der Waals surface area contributed by atoms with E-state index in [0.717, 1.165) is 0 Å². The lowest BCUT2D eigenvalue weighted by Gasteiger charge is -2.02. The molecule has 0 saturated heterocycles. The van der Waals surface area contributed by atoms with Gasteiger partial charge in [0.2, 0.25) is 0 Å². The van der Waals surface area contributed by atoms with E-state index in [1.165, 1.54) is 36.1 Å². The van der Waals surface area contributed by atoms with Crippen LogP contribution in [0.25, 0.3) is 0 Å². The van der Waals surface area contributed by atoms with Crippen LogP contribution < -0.4 is 0 Å². The zero-order valence-corrected chi connectivity index (χ0v) is 11.9. The molecule has 106 valence electrons. The molecule has 2 aromatic heterocycles. The quantitative estimate of drug-likeness (QED) is 0.289. The molecule has 0 aliphatic carbocycles. The average Bonchev–Trinajstić information content (AvgIpc) is 3.15. The van der Waals surface area contributed by atoms with Crippen LogP contribution in [0.2, 0.25) is 0 Å². The molecule has 0 fully saturated rings. The van der Waals surface area contributed by atoms with Crippen molar-refractivity contribution in [3.63, 3.8) is 0 Å². The van der Waals surface area contributed by atoms with E-state index in [4.69, 9.17) is 19.2 Å². The van der Waals surface area contributed by atoms with Gasteiger partial charge in [0.25, 0.3) is 0 Å². The van der Waals surface area contributed by atoms with Crippen LogP contribution in [0.1, 0.15) is 11.5 Å². The zero-order valence-electron chi connectivity index (χ0n) is 10.3. The molecular formula is C12H12N2O4S2. The number of rotatable bonds is 5. The van der Waals surface area contributed by atoms with Gasteiger partial charge in [0.1, 0.15) is 0 Å². The molecule has 0 bridgehead atoms. The highest BCUT2D eigenvalue weighted by atomic mass is 32.2. The maximum Gasteiger partial charge on any atom is 0.178 e. The first-order valence-corrected chi connectivity index (χ1v) is 7.59. The molecule has 0 aliphatic rings. The van der Waals surface area contributed by atoms with Crippen LogP contribution in [0.4, 0.5) is 0 Å². The van der Waals surface area contributed by atoms with Crippen molar-refractivity contribution in [3.05, 3.63) is 48.3 Å². The smallest absolute Gasteiger partial charge is 0.178 e. The summed E-state index contributed by atoms with van der Waals surface area (Å²) >= 11 is 2.69. The van der Waals surface area contributed by atoms with E-state index in [1.807, 2.05) is 0 Å². The SMILES string of the molecule is ON=C(SCCSC(=NO)c1ccco1)c1ccco1. The first-order valence-electron chi connectivity index (χ1n) is 5.62. The summed E-state index contributed by atoms with van der Waals surface area (Å²) in [5, 5.41) is 25.1. The van der Waals surface area contributed by atoms with Crippen molar-refractivity contribution in [1.82, 2.24) is 0 Å². The molecule has 0 atom stereocenters. The lowest BCUT2D eigenvalue weighted by Crippen LogP contribution is -2.00. The number of oxime groups is 2. The van der Waals surface area contributed by atoms with E-state index >= 15 is 0 Å². The Morgan fingerprint density at radius 3 is 1.65 bits per heavy atom. The summed E-state index contributed by atoms with van der Waals surface area (Å²) in [5.41, 5.74) is 0. The lowest BCUT2D eigenvalue weighted by atomic mass is 10.5. The van der Waals surface area contributed by atoms with E-state index in [2.05, 4.69) is 10.3 Å².